The average molecular weight is 388 g/mol. The number of likely N-dealkylation sites (tertiary alicyclic amines) is 1. The molecule has 3 rings (SSSR count). The summed E-state index contributed by atoms with van der Waals surface area (Å²) in [5.74, 6) is 0.663. The van der Waals surface area contributed by atoms with E-state index < -0.39 is 16.6 Å². The molecular formula is C18H26F2N2O3S. The maximum absolute atomic E-state index is 12.8. The molecule has 8 heteroatoms. The highest BCUT2D eigenvalue weighted by molar-refractivity contribution is 7.89. The molecule has 0 saturated carbocycles. The van der Waals surface area contributed by atoms with Crippen LogP contribution in [-0.2, 0) is 10.0 Å². The Morgan fingerprint density at radius 3 is 2.31 bits per heavy atom. The Labute approximate surface area is 154 Å². The SMILES string of the molecule is CC1CCCN(C2CCN(S(=O)(=O)c3ccc(OC(F)F)cc3)CC2)C1. The second-order valence-corrected chi connectivity index (χ2v) is 9.17. The molecule has 2 saturated heterocycles. The molecule has 0 bridgehead atoms. The lowest BCUT2D eigenvalue weighted by Gasteiger charge is -2.41. The predicted octanol–water partition coefficient (Wildman–Crippen LogP) is 3.17. The third-order valence-electron chi connectivity index (χ3n) is 5.31. The van der Waals surface area contributed by atoms with Gasteiger partial charge in [0.15, 0.2) is 0 Å². The molecule has 2 aliphatic rings. The Kier molecular flexibility index (Phi) is 6.14. The predicted molar refractivity (Wildman–Crippen MR) is 94.8 cm³/mol. The molecule has 2 heterocycles. The normalized spacial score (nSPS) is 24.1. The molecule has 146 valence electrons. The second kappa shape index (κ2) is 8.19. The maximum atomic E-state index is 12.8. The Bertz CT molecular complexity index is 689. The molecular weight excluding hydrogens is 362 g/mol. The van der Waals surface area contributed by atoms with Crippen LogP contribution < -0.4 is 4.74 Å². The number of halogens is 2. The van der Waals surface area contributed by atoms with Crippen LogP contribution in [0.3, 0.4) is 0 Å². The van der Waals surface area contributed by atoms with Crippen LogP contribution in [0.25, 0.3) is 0 Å². The van der Waals surface area contributed by atoms with Gasteiger partial charge in [0, 0.05) is 25.7 Å². The summed E-state index contributed by atoms with van der Waals surface area (Å²) in [5, 5.41) is 0. The topological polar surface area (TPSA) is 49.9 Å². The van der Waals surface area contributed by atoms with Gasteiger partial charge >= 0.3 is 6.61 Å². The van der Waals surface area contributed by atoms with E-state index in [0.717, 1.165) is 25.9 Å². The van der Waals surface area contributed by atoms with Crippen molar-refractivity contribution in [3.63, 3.8) is 0 Å². The molecule has 0 aliphatic carbocycles. The highest BCUT2D eigenvalue weighted by Gasteiger charge is 2.32. The monoisotopic (exact) mass is 388 g/mol. The molecule has 1 unspecified atom stereocenters. The molecule has 0 N–H and O–H groups in total. The molecule has 0 aromatic heterocycles. The molecule has 1 atom stereocenters. The molecule has 5 nitrogen and oxygen atoms in total. The lowest BCUT2D eigenvalue weighted by atomic mass is 9.96. The van der Waals surface area contributed by atoms with Crippen molar-refractivity contribution < 1.29 is 21.9 Å². The van der Waals surface area contributed by atoms with Crippen molar-refractivity contribution in [3.05, 3.63) is 24.3 Å². The van der Waals surface area contributed by atoms with Crippen molar-refractivity contribution in [2.45, 2.75) is 50.2 Å². The molecule has 0 amide bonds. The fourth-order valence-electron chi connectivity index (χ4n) is 3.95. The minimum atomic E-state index is -3.60. The first-order chi connectivity index (χ1) is 12.4. The Balaban J connectivity index is 1.60. The first-order valence-electron chi connectivity index (χ1n) is 9.15. The highest BCUT2D eigenvalue weighted by Crippen LogP contribution is 2.27. The minimum Gasteiger partial charge on any atom is -0.435 e. The van der Waals surface area contributed by atoms with E-state index in [0.29, 0.717) is 25.0 Å². The number of ether oxygens (including phenoxy) is 1. The van der Waals surface area contributed by atoms with Crippen LogP contribution in [0.15, 0.2) is 29.2 Å². The van der Waals surface area contributed by atoms with E-state index in [4.69, 9.17) is 0 Å². The third-order valence-corrected chi connectivity index (χ3v) is 7.23. The van der Waals surface area contributed by atoms with Gasteiger partial charge in [-0.3, -0.25) is 0 Å². The van der Waals surface area contributed by atoms with Crippen molar-refractivity contribution in [1.29, 1.82) is 0 Å². The molecule has 1 aromatic rings. The fraction of sp³-hybridized carbons (Fsp3) is 0.667. The lowest BCUT2D eigenvalue weighted by molar-refractivity contribution is -0.0498. The van der Waals surface area contributed by atoms with E-state index in [2.05, 4.69) is 16.6 Å². The van der Waals surface area contributed by atoms with Crippen molar-refractivity contribution in [3.8, 4) is 5.75 Å². The molecule has 0 radical (unpaired) electrons. The summed E-state index contributed by atoms with van der Waals surface area (Å²) in [7, 11) is -3.60. The molecule has 2 fully saturated rings. The van der Waals surface area contributed by atoms with Crippen LogP contribution in [0.5, 0.6) is 5.75 Å². The van der Waals surface area contributed by atoms with Gasteiger partial charge in [-0.2, -0.15) is 13.1 Å². The number of hydrogen-bond acceptors (Lipinski definition) is 4. The Morgan fingerprint density at radius 2 is 1.73 bits per heavy atom. The van der Waals surface area contributed by atoms with Crippen LogP contribution >= 0.6 is 0 Å². The Morgan fingerprint density at radius 1 is 1.08 bits per heavy atom. The second-order valence-electron chi connectivity index (χ2n) is 7.23. The van der Waals surface area contributed by atoms with Gasteiger partial charge in [0.05, 0.1) is 4.90 Å². The van der Waals surface area contributed by atoms with E-state index in [9.17, 15) is 17.2 Å². The summed E-state index contributed by atoms with van der Waals surface area (Å²) in [6, 6.07) is 5.63. The van der Waals surface area contributed by atoms with Gasteiger partial charge in [-0.05, 0) is 62.4 Å². The van der Waals surface area contributed by atoms with Gasteiger partial charge in [0.1, 0.15) is 5.75 Å². The molecule has 1 aromatic carbocycles. The number of benzene rings is 1. The number of hydrogen-bond donors (Lipinski definition) is 0. The van der Waals surface area contributed by atoms with Gasteiger partial charge in [0.2, 0.25) is 10.0 Å². The summed E-state index contributed by atoms with van der Waals surface area (Å²) >= 11 is 0. The van der Waals surface area contributed by atoms with Crippen LogP contribution in [0.4, 0.5) is 8.78 Å². The van der Waals surface area contributed by atoms with E-state index >= 15 is 0 Å². The zero-order valence-corrected chi connectivity index (χ0v) is 15.8. The zero-order valence-electron chi connectivity index (χ0n) is 15.0. The zero-order chi connectivity index (χ0) is 18.7. The number of sulfonamides is 1. The number of nitrogens with zero attached hydrogens (tertiary/aromatic N) is 2. The summed E-state index contributed by atoms with van der Waals surface area (Å²) in [6.45, 7) is 2.54. The smallest absolute Gasteiger partial charge is 0.387 e. The summed E-state index contributed by atoms with van der Waals surface area (Å²) in [5.41, 5.74) is 0. The van der Waals surface area contributed by atoms with Gasteiger partial charge in [-0.15, -0.1) is 0 Å². The first kappa shape index (κ1) is 19.5. The van der Waals surface area contributed by atoms with Gasteiger partial charge in [0.25, 0.3) is 0 Å². The summed E-state index contributed by atoms with van der Waals surface area (Å²) < 4.78 is 55.7. The summed E-state index contributed by atoms with van der Waals surface area (Å²) in [6.07, 6.45) is 4.15. The third kappa shape index (κ3) is 4.53. The standard InChI is InChI=1S/C18H26F2N2O3S/c1-14-3-2-10-21(13-14)15-8-11-22(12-9-15)26(23,24)17-6-4-16(5-7-17)25-18(19)20/h4-7,14-15,18H,2-3,8-13H2,1H3. The molecule has 2 aliphatic heterocycles. The summed E-state index contributed by atoms with van der Waals surface area (Å²) in [4.78, 5) is 2.62. The van der Waals surface area contributed by atoms with E-state index in [-0.39, 0.29) is 10.6 Å². The largest absolute Gasteiger partial charge is 0.435 e. The Hall–Kier alpha value is -1.25. The van der Waals surface area contributed by atoms with Crippen LogP contribution in [-0.4, -0.2) is 56.5 Å². The van der Waals surface area contributed by atoms with Crippen molar-refractivity contribution in [2.75, 3.05) is 26.2 Å². The van der Waals surface area contributed by atoms with Crippen LogP contribution in [0.2, 0.25) is 0 Å². The fourth-order valence-corrected chi connectivity index (χ4v) is 5.42. The van der Waals surface area contributed by atoms with E-state index in [1.165, 1.54) is 41.4 Å². The van der Waals surface area contributed by atoms with E-state index in [1.807, 2.05) is 0 Å². The lowest BCUT2D eigenvalue weighted by Crippen LogP contribution is -2.49. The minimum absolute atomic E-state index is 0.0446. The maximum Gasteiger partial charge on any atom is 0.387 e. The van der Waals surface area contributed by atoms with Crippen LogP contribution in [0, 0.1) is 5.92 Å². The van der Waals surface area contributed by atoms with Crippen molar-refractivity contribution in [1.82, 2.24) is 9.21 Å². The van der Waals surface area contributed by atoms with E-state index in [1.54, 1.807) is 0 Å². The number of rotatable bonds is 5. The van der Waals surface area contributed by atoms with Crippen molar-refractivity contribution >= 4 is 10.0 Å². The van der Waals surface area contributed by atoms with Crippen molar-refractivity contribution in [2.24, 2.45) is 5.92 Å². The van der Waals surface area contributed by atoms with Gasteiger partial charge < -0.3 is 9.64 Å². The number of piperidine rings is 2. The van der Waals surface area contributed by atoms with Crippen LogP contribution in [0.1, 0.15) is 32.6 Å². The highest BCUT2D eigenvalue weighted by atomic mass is 32.2. The molecule has 0 spiro atoms. The average Bonchev–Trinajstić information content (AvgIpc) is 2.62. The number of alkyl halides is 2. The quantitative estimate of drug-likeness (QED) is 0.777. The van der Waals surface area contributed by atoms with Gasteiger partial charge in [-0.1, -0.05) is 6.92 Å². The first-order valence-corrected chi connectivity index (χ1v) is 10.6. The molecule has 26 heavy (non-hydrogen) atoms. The van der Waals surface area contributed by atoms with Gasteiger partial charge in [-0.25, -0.2) is 8.42 Å².